The minimum atomic E-state index is -0.0922. The summed E-state index contributed by atoms with van der Waals surface area (Å²) < 4.78 is 5.67. The summed E-state index contributed by atoms with van der Waals surface area (Å²) in [5.41, 5.74) is 0.852. The monoisotopic (exact) mass is 246 g/mol. The molecule has 0 aliphatic rings. The molecule has 0 unspecified atom stereocenters. The van der Waals surface area contributed by atoms with E-state index in [1.807, 2.05) is 44.2 Å². The van der Waals surface area contributed by atoms with Crippen molar-refractivity contribution < 1.29 is 9.21 Å². The average Bonchev–Trinajstić information content (AvgIpc) is 2.69. The van der Waals surface area contributed by atoms with Gasteiger partial charge in [-0.2, -0.15) is 0 Å². The zero-order chi connectivity index (χ0) is 13.1. The summed E-state index contributed by atoms with van der Waals surface area (Å²) in [5, 5.41) is 3.90. The van der Waals surface area contributed by atoms with E-state index in [-0.39, 0.29) is 12.1 Å². The third-order valence-electron chi connectivity index (χ3n) is 2.63. The first kappa shape index (κ1) is 12.5. The Balaban J connectivity index is 2.06. The molecule has 1 aromatic heterocycles. The highest BCUT2D eigenvalue weighted by atomic mass is 16.3. The predicted octanol–water partition coefficient (Wildman–Crippen LogP) is 2.98. The summed E-state index contributed by atoms with van der Waals surface area (Å²) in [5.74, 6) is 0.789. The van der Waals surface area contributed by atoms with Crippen molar-refractivity contribution in [2.24, 2.45) is 0 Å². The zero-order valence-electron chi connectivity index (χ0n) is 10.9. The highest BCUT2D eigenvalue weighted by Gasteiger charge is 2.12. The van der Waals surface area contributed by atoms with Crippen LogP contribution in [0.25, 0.3) is 11.0 Å². The van der Waals surface area contributed by atoms with E-state index in [1.54, 1.807) is 11.9 Å². The van der Waals surface area contributed by atoms with Crippen LogP contribution in [0.15, 0.2) is 34.7 Å². The van der Waals surface area contributed by atoms with Gasteiger partial charge in [0.25, 0.3) is 0 Å². The average molecular weight is 246 g/mol. The number of nitrogens with zero attached hydrogens (tertiary/aromatic N) is 1. The Labute approximate surface area is 107 Å². The number of benzene rings is 1. The molecular weight excluding hydrogens is 228 g/mol. The Morgan fingerprint density at radius 3 is 2.78 bits per heavy atom. The summed E-state index contributed by atoms with van der Waals surface area (Å²) >= 11 is 0. The van der Waals surface area contributed by atoms with Gasteiger partial charge in [0, 0.05) is 18.5 Å². The van der Waals surface area contributed by atoms with Crippen molar-refractivity contribution in [1.29, 1.82) is 0 Å². The van der Waals surface area contributed by atoms with Gasteiger partial charge < -0.3 is 14.6 Å². The molecule has 4 heteroatoms. The first-order valence-corrected chi connectivity index (χ1v) is 6.05. The Kier molecular flexibility index (Phi) is 3.55. The quantitative estimate of drug-likeness (QED) is 0.905. The minimum Gasteiger partial charge on any atom is -0.459 e. The van der Waals surface area contributed by atoms with Crippen LogP contribution in [0.2, 0.25) is 0 Å². The number of hydrogen-bond acceptors (Lipinski definition) is 2. The Hall–Kier alpha value is -1.97. The van der Waals surface area contributed by atoms with Crippen LogP contribution in [0, 0.1) is 0 Å². The van der Waals surface area contributed by atoms with Crippen molar-refractivity contribution in [1.82, 2.24) is 10.2 Å². The van der Waals surface area contributed by atoms with Gasteiger partial charge in [-0.1, -0.05) is 18.2 Å². The summed E-state index contributed by atoms with van der Waals surface area (Å²) in [6.45, 7) is 4.34. The number of carbonyl (C=O) groups excluding carboxylic acids is 1. The SMILES string of the molecule is CC(C)NC(=O)N(C)Cc1cc2ccccc2o1. The molecule has 96 valence electrons. The second kappa shape index (κ2) is 5.12. The largest absolute Gasteiger partial charge is 0.459 e. The van der Waals surface area contributed by atoms with Gasteiger partial charge in [-0.05, 0) is 26.0 Å². The Morgan fingerprint density at radius 2 is 2.11 bits per heavy atom. The van der Waals surface area contributed by atoms with Crippen molar-refractivity contribution in [3.8, 4) is 0 Å². The number of fused-ring (bicyclic) bond motifs is 1. The lowest BCUT2D eigenvalue weighted by Gasteiger charge is -2.18. The fourth-order valence-corrected chi connectivity index (χ4v) is 1.78. The maximum absolute atomic E-state index is 11.7. The molecule has 0 saturated carbocycles. The summed E-state index contributed by atoms with van der Waals surface area (Å²) in [4.78, 5) is 13.4. The van der Waals surface area contributed by atoms with Crippen molar-refractivity contribution in [3.63, 3.8) is 0 Å². The lowest BCUT2D eigenvalue weighted by molar-refractivity contribution is 0.201. The van der Waals surface area contributed by atoms with Gasteiger partial charge in [0.15, 0.2) is 0 Å². The first-order chi connectivity index (χ1) is 8.56. The summed E-state index contributed by atoms with van der Waals surface area (Å²) in [6, 6.07) is 9.83. The topological polar surface area (TPSA) is 45.5 Å². The molecule has 0 saturated heterocycles. The van der Waals surface area contributed by atoms with Crippen molar-refractivity contribution in [3.05, 3.63) is 36.1 Å². The Bertz CT molecular complexity index is 512. The van der Waals surface area contributed by atoms with Crippen LogP contribution in [0.3, 0.4) is 0 Å². The first-order valence-electron chi connectivity index (χ1n) is 6.05. The Morgan fingerprint density at radius 1 is 1.39 bits per heavy atom. The lowest BCUT2D eigenvalue weighted by atomic mass is 10.2. The molecule has 0 aliphatic heterocycles. The molecule has 1 aromatic carbocycles. The van der Waals surface area contributed by atoms with Crippen LogP contribution in [0.5, 0.6) is 0 Å². The number of carbonyl (C=O) groups is 1. The van der Waals surface area contributed by atoms with Crippen molar-refractivity contribution in [2.45, 2.75) is 26.4 Å². The molecule has 0 bridgehead atoms. The van der Waals surface area contributed by atoms with E-state index < -0.39 is 0 Å². The number of furan rings is 1. The summed E-state index contributed by atoms with van der Waals surface area (Å²) in [6.07, 6.45) is 0. The number of rotatable bonds is 3. The number of para-hydroxylation sites is 1. The molecule has 4 nitrogen and oxygen atoms in total. The highest BCUT2D eigenvalue weighted by molar-refractivity contribution is 5.78. The van der Waals surface area contributed by atoms with Crippen LogP contribution in [0.1, 0.15) is 19.6 Å². The van der Waals surface area contributed by atoms with E-state index in [0.29, 0.717) is 6.54 Å². The lowest BCUT2D eigenvalue weighted by Crippen LogP contribution is -2.40. The number of nitrogens with one attached hydrogen (secondary N) is 1. The maximum atomic E-state index is 11.7. The van der Waals surface area contributed by atoms with Gasteiger partial charge in [0.2, 0.25) is 0 Å². The van der Waals surface area contributed by atoms with E-state index in [9.17, 15) is 4.79 Å². The normalized spacial score (nSPS) is 10.9. The van der Waals surface area contributed by atoms with Gasteiger partial charge in [0.05, 0.1) is 6.54 Å². The van der Waals surface area contributed by atoms with Gasteiger partial charge in [0.1, 0.15) is 11.3 Å². The third-order valence-corrected chi connectivity index (χ3v) is 2.63. The zero-order valence-corrected chi connectivity index (χ0v) is 10.9. The van der Waals surface area contributed by atoms with E-state index in [2.05, 4.69) is 5.32 Å². The van der Waals surface area contributed by atoms with E-state index in [1.165, 1.54) is 0 Å². The molecule has 2 aromatic rings. The summed E-state index contributed by atoms with van der Waals surface area (Å²) in [7, 11) is 1.75. The van der Waals surface area contributed by atoms with Crippen molar-refractivity contribution in [2.75, 3.05) is 7.05 Å². The van der Waals surface area contributed by atoms with E-state index in [0.717, 1.165) is 16.7 Å². The minimum absolute atomic E-state index is 0.0922. The molecule has 0 spiro atoms. The van der Waals surface area contributed by atoms with Crippen LogP contribution in [0.4, 0.5) is 4.79 Å². The molecule has 0 aliphatic carbocycles. The van der Waals surface area contributed by atoms with Gasteiger partial charge in [-0.25, -0.2) is 4.79 Å². The second-order valence-corrected chi connectivity index (χ2v) is 4.71. The van der Waals surface area contributed by atoms with Gasteiger partial charge in [-0.15, -0.1) is 0 Å². The number of amides is 2. The molecular formula is C14H18N2O2. The molecule has 1 heterocycles. The smallest absolute Gasteiger partial charge is 0.317 e. The van der Waals surface area contributed by atoms with Crippen LogP contribution in [-0.2, 0) is 6.54 Å². The second-order valence-electron chi connectivity index (χ2n) is 4.71. The molecule has 0 fully saturated rings. The molecule has 18 heavy (non-hydrogen) atoms. The number of hydrogen-bond donors (Lipinski definition) is 1. The van der Waals surface area contributed by atoms with E-state index >= 15 is 0 Å². The maximum Gasteiger partial charge on any atom is 0.317 e. The van der Waals surface area contributed by atoms with Gasteiger partial charge in [-0.3, -0.25) is 0 Å². The predicted molar refractivity (Wildman–Crippen MR) is 71.3 cm³/mol. The fourth-order valence-electron chi connectivity index (χ4n) is 1.78. The third kappa shape index (κ3) is 2.83. The fraction of sp³-hybridized carbons (Fsp3) is 0.357. The molecule has 2 amide bonds. The molecule has 0 atom stereocenters. The van der Waals surface area contributed by atoms with Crippen LogP contribution >= 0.6 is 0 Å². The van der Waals surface area contributed by atoms with Crippen LogP contribution in [-0.4, -0.2) is 24.0 Å². The standard InChI is InChI=1S/C14H18N2O2/c1-10(2)15-14(17)16(3)9-12-8-11-6-4-5-7-13(11)18-12/h4-8,10H,9H2,1-3H3,(H,15,17). The molecule has 2 rings (SSSR count). The number of urea groups is 1. The molecule has 0 radical (unpaired) electrons. The van der Waals surface area contributed by atoms with Gasteiger partial charge >= 0.3 is 6.03 Å². The van der Waals surface area contributed by atoms with E-state index in [4.69, 9.17) is 4.42 Å². The highest BCUT2D eigenvalue weighted by Crippen LogP contribution is 2.19. The van der Waals surface area contributed by atoms with Crippen molar-refractivity contribution >= 4 is 17.0 Å². The van der Waals surface area contributed by atoms with Crippen LogP contribution < -0.4 is 5.32 Å². The molecule has 1 N–H and O–H groups in total.